The van der Waals surface area contributed by atoms with Gasteiger partial charge in [0.2, 0.25) is 0 Å². The van der Waals surface area contributed by atoms with Crippen LogP contribution in [0.4, 0.5) is 0 Å². The normalized spacial score (nSPS) is 32.5. The molecule has 2 rings (SSSR count). The van der Waals surface area contributed by atoms with Gasteiger partial charge in [-0.1, -0.05) is 0 Å². The minimum Gasteiger partial charge on any atom is -0.474 e. The van der Waals surface area contributed by atoms with E-state index in [1.165, 1.54) is 4.90 Å². The molecule has 12 heavy (non-hydrogen) atoms. The summed E-state index contributed by atoms with van der Waals surface area (Å²) in [6.07, 6.45) is 0.976. The lowest BCUT2D eigenvalue weighted by Gasteiger charge is -2.24. The fourth-order valence-electron chi connectivity index (χ4n) is 1.77. The summed E-state index contributed by atoms with van der Waals surface area (Å²) in [5.41, 5.74) is 0. The number of carboxylic acid groups (broad SMARTS) is 1. The van der Waals surface area contributed by atoms with Gasteiger partial charge in [-0.2, -0.15) is 11.8 Å². The molecule has 1 N–H and O–H groups in total. The number of likely N-dealkylation sites (tertiary alicyclic amines) is 1. The van der Waals surface area contributed by atoms with Crippen molar-refractivity contribution < 1.29 is 14.7 Å². The lowest BCUT2D eigenvalue weighted by atomic mass is 10.2. The topological polar surface area (TPSA) is 57.6 Å². The number of fused-ring (bicyclic) bond motifs is 2. The highest BCUT2D eigenvalue weighted by Crippen LogP contribution is 2.37. The molecule has 2 aliphatic heterocycles. The van der Waals surface area contributed by atoms with E-state index in [-0.39, 0.29) is 6.04 Å². The molecule has 1 amide bonds. The fraction of sp³-hybridized carbons (Fsp3) is 0.714. The number of rotatable bonds is 0. The summed E-state index contributed by atoms with van der Waals surface area (Å²) in [5.74, 6) is -1.15. The highest BCUT2D eigenvalue weighted by molar-refractivity contribution is 8.00. The van der Waals surface area contributed by atoms with Crippen molar-refractivity contribution in [2.45, 2.75) is 17.7 Å². The highest BCUT2D eigenvalue weighted by atomic mass is 32.2. The summed E-state index contributed by atoms with van der Waals surface area (Å²) in [7, 11) is 0. The maximum Gasteiger partial charge on any atom is 0.394 e. The van der Waals surface area contributed by atoms with Gasteiger partial charge in [0.15, 0.2) is 0 Å². The lowest BCUT2D eigenvalue weighted by molar-refractivity contribution is -0.156. The molecular weight excluding hydrogens is 178 g/mol. The summed E-state index contributed by atoms with van der Waals surface area (Å²) in [5, 5.41) is 8.96. The van der Waals surface area contributed by atoms with Gasteiger partial charge in [0.05, 0.1) is 0 Å². The van der Waals surface area contributed by atoms with Gasteiger partial charge < -0.3 is 10.0 Å². The van der Waals surface area contributed by atoms with Gasteiger partial charge >= 0.3 is 11.9 Å². The zero-order chi connectivity index (χ0) is 8.72. The third kappa shape index (κ3) is 1.08. The Hall–Kier alpha value is -0.710. The number of carboxylic acids is 1. The molecule has 2 fully saturated rings. The van der Waals surface area contributed by atoms with E-state index >= 15 is 0 Å². The number of hydrogen-bond donors (Lipinski definition) is 1. The first-order chi connectivity index (χ1) is 5.68. The number of amides is 1. The molecule has 66 valence electrons. The summed E-state index contributed by atoms with van der Waals surface area (Å²) < 4.78 is 0. The molecule has 0 radical (unpaired) electrons. The number of carbonyl (C=O) groups excluding carboxylic acids is 1. The van der Waals surface area contributed by atoms with E-state index in [0.29, 0.717) is 11.8 Å². The fourth-order valence-corrected chi connectivity index (χ4v) is 3.21. The minimum absolute atomic E-state index is 0.184. The van der Waals surface area contributed by atoms with E-state index in [1.807, 2.05) is 11.8 Å². The van der Waals surface area contributed by atoms with Crippen LogP contribution in [-0.2, 0) is 9.59 Å². The third-order valence-electron chi connectivity index (χ3n) is 2.34. The monoisotopic (exact) mass is 187 g/mol. The molecule has 0 aromatic carbocycles. The van der Waals surface area contributed by atoms with Crippen LogP contribution in [0.25, 0.3) is 0 Å². The molecule has 5 heteroatoms. The van der Waals surface area contributed by atoms with Gasteiger partial charge in [0.25, 0.3) is 0 Å². The molecule has 2 aliphatic rings. The van der Waals surface area contributed by atoms with E-state index in [0.717, 1.165) is 12.2 Å². The molecule has 2 saturated heterocycles. The third-order valence-corrected chi connectivity index (χ3v) is 3.73. The van der Waals surface area contributed by atoms with Crippen LogP contribution in [0.15, 0.2) is 0 Å². The van der Waals surface area contributed by atoms with Crippen LogP contribution in [0.1, 0.15) is 6.42 Å². The number of thioether (sulfide) groups is 1. The molecule has 2 atom stereocenters. The molecule has 0 aliphatic carbocycles. The Labute approximate surface area is 73.9 Å². The van der Waals surface area contributed by atoms with E-state index in [2.05, 4.69) is 0 Å². The molecule has 4 nitrogen and oxygen atoms in total. The van der Waals surface area contributed by atoms with Crippen molar-refractivity contribution >= 4 is 23.6 Å². The first-order valence-electron chi connectivity index (χ1n) is 3.84. The van der Waals surface area contributed by atoms with Crippen LogP contribution >= 0.6 is 11.8 Å². The van der Waals surface area contributed by atoms with Crippen molar-refractivity contribution in [3.8, 4) is 0 Å². The van der Waals surface area contributed by atoms with Crippen LogP contribution in [-0.4, -0.2) is 45.5 Å². The number of carbonyl (C=O) groups is 2. The smallest absolute Gasteiger partial charge is 0.394 e. The van der Waals surface area contributed by atoms with Crippen molar-refractivity contribution in [1.82, 2.24) is 4.90 Å². The molecule has 0 aromatic heterocycles. The van der Waals surface area contributed by atoms with E-state index in [9.17, 15) is 9.59 Å². The van der Waals surface area contributed by atoms with Gasteiger partial charge in [-0.3, -0.25) is 4.79 Å². The van der Waals surface area contributed by atoms with Crippen LogP contribution in [0.2, 0.25) is 0 Å². The van der Waals surface area contributed by atoms with Crippen LogP contribution in [0, 0.1) is 0 Å². The predicted molar refractivity (Wildman–Crippen MR) is 44.0 cm³/mol. The van der Waals surface area contributed by atoms with Gasteiger partial charge in [0, 0.05) is 23.6 Å². The predicted octanol–water partition coefficient (Wildman–Crippen LogP) is -0.213. The highest BCUT2D eigenvalue weighted by Gasteiger charge is 2.42. The summed E-state index contributed by atoms with van der Waals surface area (Å²) in [6, 6.07) is 0.184. The number of aliphatic carboxylic acids is 1. The zero-order valence-corrected chi connectivity index (χ0v) is 7.21. The SMILES string of the molecule is O=C(O)C(=O)N1CC2CC1CS2. The Morgan fingerprint density at radius 3 is 2.67 bits per heavy atom. The second-order valence-electron chi connectivity index (χ2n) is 3.11. The average Bonchev–Trinajstić information content (AvgIpc) is 2.62. The lowest BCUT2D eigenvalue weighted by Crippen LogP contribution is -2.42. The number of hydrogen-bond acceptors (Lipinski definition) is 3. The zero-order valence-electron chi connectivity index (χ0n) is 6.40. The van der Waals surface area contributed by atoms with Gasteiger partial charge in [-0.25, -0.2) is 4.79 Å². The quantitative estimate of drug-likeness (QED) is 0.533. The van der Waals surface area contributed by atoms with E-state index < -0.39 is 11.9 Å². The van der Waals surface area contributed by atoms with Gasteiger partial charge in [0.1, 0.15) is 0 Å². The second kappa shape index (κ2) is 2.65. The maximum atomic E-state index is 11.1. The average molecular weight is 187 g/mol. The Kier molecular flexibility index (Phi) is 1.75. The van der Waals surface area contributed by atoms with E-state index in [1.54, 1.807) is 0 Å². The van der Waals surface area contributed by atoms with Crippen molar-refractivity contribution in [2.24, 2.45) is 0 Å². The van der Waals surface area contributed by atoms with Crippen LogP contribution in [0.5, 0.6) is 0 Å². The molecule has 2 heterocycles. The largest absolute Gasteiger partial charge is 0.474 e. The van der Waals surface area contributed by atoms with Gasteiger partial charge in [-0.15, -0.1) is 0 Å². The molecule has 0 aromatic rings. The first-order valence-corrected chi connectivity index (χ1v) is 4.89. The summed E-state index contributed by atoms with van der Waals surface area (Å²) in [4.78, 5) is 22.9. The first kappa shape index (κ1) is 7.91. The Balaban J connectivity index is 2.07. The number of nitrogens with zero attached hydrogens (tertiary/aromatic N) is 1. The summed E-state index contributed by atoms with van der Waals surface area (Å²) >= 11 is 1.84. The van der Waals surface area contributed by atoms with Crippen LogP contribution < -0.4 is 0 Å². The Morgan fingerprint density at radius 2 is 2.25 bits per heavy atom. The van der Waals surface area contributed by atoms with Crippen molar-refractivity contribution in [3.05, 3.63) is 0 Å². The molecule has 0 spiro atoms. The second-order valence-corrected chi connectivity index (χ2v) is 4.44. The van der Waals surface area contributed by atoms with Crippen molar-refractivity contribution in [1.29, 1.82) is 0 Å². The molecular formula is C7H9NO3S. The molecule has 2 unspecified atom stereocenters. The van der Waals surface area contributed by atoms with Crippen LogP contribution in [0.3, 0.4) is 0 Å². The van der Waals surface area contributed by atoms with Crippen molar-refractivity contribution in [3.63, 3.8) is 0 Å². The minimum atomic E-state index is -1.33. The standard InChI is InChI=1S/C7H9NO3S/c9-6(7(10)11)8-2-5-1-4(8)3-12-5/h4-5H,1-3H2,(H,10,11). The van der Waals surface area contributed by atoms with E-state index in [4.69, 9.17) is 5.11 Å². The maximum absolute atomic E-state index is 11.1. The summed E-state index contributed by atoms with van der Waals surface area (Å²) in [6.45, 7) is 0.625. The molecule has 2 bridgehead atoms. The molecule has 0 saturated carbocycles. The van der Waals surface area contributed by atoms with Gasteiger partial charge in [-0.05, 0) is 6.42 Å². The Bertz CT molecular complexity index is 243. The Morgan fingerprint density at radius 1 is 1.50 bits per heavy atom. The van der Waals surface area contributed by atoms with Crippen molar-refractivity contribution in [2.75, 3.05) is 12.3 Å².